The molecule has 1 N–H and O–H groups in total. The predicted molar refractivity (Wildman–Crippen MR) is 61.2 cm³/mol. The zero-order valence-corrected chi connectivity index (χ0v) is 9.76. The van der Waals surface area contributed by atoms with Gasteiger partial charge in [-0.25, -0.2) is 0 Å². The number of halogens is 3. The molecule has 1 saturated heterocycles. The molecule has 2 nitrogen and oxygen atoms in total. The number of rotatable bonds is 2. The molecular formula is C13H14F3NO. The quantitative estimate of drug-likeness (QED) is 0.882. The third-order valence-corrected chi connectivity index (χ3v) is 3.05. The van der Waals surface area contributed by atoms with Gasteiger partial charge in [-0.15, -0.1) is 0 Å². The minimum Gasteiger partial charge on any atom is -0.313 e. The Labute approximate surface area is 103 Å². The van der Waals surface area contributed by atoms with Crippen LogP contribution in [0.2, 0.25) is 0 Å². The summed E-state index contributed by atoms with van der Waals surface area (Å²) in [5.74, 6) is 0.172. The van der Waals surface area contributed by atoms with Gasteiger partial charge in [0.1, 0.15) is 5.78 Å². The lowest BCUT2D eigenvalue weighted by Gasteiger charge is -2.22. The van der Waals surface area contributed by atoms with Crippen LogP contribution in [0.3, 0.4) is 0 Å². The van der Waals surface area contributed by atoms with Gasteiger partial charge in [-0.05, 0) is 18.1 Å². The van der Waals surface area contributed by atoms with Gasteiger partial charge in [0, 0.05) is 25.4 Å². The highest BCUT2D eigenvalue weighted by Crippen LogP contribution is 2.29. The number of hydrogen-bond donors (Lipinski definition) is 1. The molecule has 1 aromatic carbocycles. The van der Waals surface area contributed by atoms with E-state index in [1.165, 1.54) is 6.07 Å². The van der Waals surface area contributed by atoms with Crippen molar-refractivity contribution in [1.29, 1.82) is 0 Å². The number of hydrogen-bond acceptors (Lipinski definition) is 2. The maximum atomic E-state index is 12.5. The lowest BCUT2D eigenvalue weighted by molar-refractivity contribution is -0.137. The molecule has 0 radical (unpaired) electrons. The first kappa shape index (κ1) is 13.1. The van der Waals surface area contributed by atoms with Crippen LogP contribution >= 0.6 is 0 Å². The highest BCUT2D eigenvalue weighted by Gasteiger charge is 2.30. The monoisotopic (exact) mass is 257 g/mol. The smallest absolute Gasteiger partial charge is 0.313 e. The van der Waals surface area contributed by atoms with Crippen LogP contribution in [0.15, 0.2) is 24.3 Å². The van der Waals surface area contributed by atoms with Crippen LogP contribution in [0.4, 0.5) is 13.2 Å². The lowest BCUT2D eigenvalue weighted by atomic mass is 9.96. The fourth-order valence-corrected chi connectivity index (χ4v) is 2.17. The van der Waals surface area contributed by atoms with E-state index in [4.69, 9.17) is 0 Å². The van der Waals surface area contributed by atoms with Crippen molar-refractivity contribution in [3.63, 3.8) is 0 Å². The second-order valence-corrected chi connectivity index (χ2v) is 4.55. The van der Waals surface area contributed by atoms with Gasteiger partial charge in [-0.1, -0.05) is 18.2 Å². The van der Waals surface area contributed by atoms with Gasteiger partial charge in [0.15, 0.2) is 0 Å². The van der Waals surface area contributed by atoms with Crippen LogP contribution in [0.25, 0.3) is 0 Å². The molecule has 0 aromatic heterocycles. The van der Waals surface area contributed by atoms with Crippen molar-refractivity contribution in [1.82, 2.24) is 5.32 Å². The topological polar surface area (TPSA) is 29.1 Å². The molecule has 2 rings (SSSR count). The minimum atomic E-state index is -4.31. The Hall–Kier alpha value is -1.36. The Morgan fingerprint density at radius 2 is 2.11 bits per heavy atom. The number of carbonyl (C=O) groups excluding carboxylic acids is 1. The molecule has 5 heteroatoms. The molecule has 1 aliphatic rings. The lowest BCUT2D eigenvalue weighted by Crippen LogP contribution is -2.39. The van der Waals surface area contributed by atoms with Crippen molar-refractivity contribution in [2.75, 3.05) is 6.54 Å². The highest BCUT2D eigenvalue weighted by atomic mass is 19.4. The van der Waals surface area contributed by atoms with Crippen molar-refractivity contribution >= 4 is 5.78 Å². The predicted octanol–water partition coefficient (Wildman–Crippen LogP) is 2.57. The van der Waals surface area contributed by atoms with E-state index >= 15 is 0 Å². The zero-order valence-electron chi connectivity index (χ0n) is 9.76. The van der Waals surface area contributed by atoms with Gasteiger partial charge >= 0.3 is 6.18 Å². The van der Waals surface area contributed by atoms with Crippen molar-refractivity contribution in [3.05, 3.63) is 35.4 Å². The Kier molecular flexibility index (Phi) is 3.71. The molecule has 1 fully saturated rings. The number of piperidine rings is 1. The molecule has 1 atom stereocenters. The van der Waals surface area contributed by atoms with Crippen LogP contribution in [0.1, 0.15) is 24.0 Å². The van der Waals surface area contributed by atoms with Crippen molar-refractivity contribution in [3.8, 4) is 0 Å². The fourth-order valence-electron chi connectivity index (χ4n) is 2.17. The average molecular weight is 257 g/mol. The SMILES string of the molecule is O=C1CCNC(Cc2cccc(C(F)(F)F)c2)C1. The molecule has 0 amide bonds. The normalized spacial score (nSPS) is 21.1. The van der Waals surface area contributed by atoms with E-state index in [0.717, 1.165) is 12.1 Å². The standard InChI is InChI=1S/C13H14F3NO/c14-13(15,16)10-3-1-2-9(6-10)7-11-8-12(18)4-5-17-11/h1-3,6,11,17H,4-5,7-8H2. The number of alkyl halides is 3. The second kappa shape index (κ2) is 5.10. The van der Waals surface area contributed by atoms with Crippen molar-refractivity contribution in [2.24, 2.45) is 0 Å². The number of ketones is 1. The maximum Gasteiger partial charge on any atom is 0.416 e. The molecule has 0 aliphatic carbocycles. The molecule has 18 heavy (non-hydrogen) atoms. The first-order valence-corrected chi connectivity index (χ1v) is 5.86. The summed E-state index contributed by atoms with van der Waals surface area (Å²) in [4.78, 5) is 11.3. The van der Waals surface area contributed by atoms with Crippen LogP contribution in [0.5, 0.6) is 0 Å². The van der Waals surface area contributed by atoms with Crippen LogP contribution in [-0.2, 0) is 17.4 Å². The summed E-state index contributed by atoms with van der Waals surface area (Å²) in [5.41, 5.74) is -0.0286. The zero-order chi connectivity index (χ0) is 13.2. The molecule has 0 saturated carbocycles. The second-order valence-electron chi connectivity index (χ2n) is 4.55. The van der Waals surface area contributed by atoms with Crippen LogP contribution in [0, 0.1) is 0 Å². The summed E-state index contributed by atoms with van der Waals surface area (Å²) in [5, 5.41) is 3.15. The first-order valence-electron chi connectivity index (χ1n) is 5.86. The highest BCUT2D eigenvalue weighted by molar-refractivity contribution is 5.80. The van der Waals surface area contributed by atoms with Gasteiger partial charge in [-0.3, -0.25) is 4.79 Å². The Bertz CT molecular complexity index is 442. The van der Waals surface area contributed by atoms with E-state index < -0.39 is 11.7 Å². The maximum absolute atomic E-state index is 12.5. The molecular weight excluding hydrogens is 243 g/mol. The van der Waals surface area contributed by atoms with Crippen LogP contribution in [-0.4, -0.2) is 18.4 Å². The summed E-state index contributed by atoms with van der Waals surface area (Å²) < 4.78 is 37.6. The van der Waals surface area contributed by atoms with Gasteiger partial charge in [0.25, 0.3) is 0 Å². The molecule has 1 aliphatic heterocycles. The fraction of sp³-hybridized carbons (Fsp3) is 0.462. The molecule has 0 bridgehead atoms. The number of carbonyl (C=O) groups is 1. The number of nitrogens with one attached hydrogen (secondary N) is 1. The van der Waals surface area contributed by atoms with E-state index in [0.29, 0.717) is 31.4 Å². The summed E-state index contributed by atoms with van der Waals surface area (Å²) in [6.07, 6.45) is -2.95. The first-order chi connectivity index (χ1) is 8.45. The van der Waals surface area contributed by atoms with E-state index in [9.17, 15) is 18.0 Å². The third-order valence-electron chi connectivity index (χ3n) is 3.05. The van der Waals surface area contributed by atoms with Crippen molar-refractivity contribution < 1.29 is 18.0 Å². The largest absolute Gasteiger partial charge is 0.416 e. The third kappa shape index (κ3) is 3.32. The summed E-state index contributed by atoms with van der Waals surface area (Å²) >= 11 is 0. The molecule has 98 valence electrons. The Morgan fingerprint density at radius 1 is 1.33 bits per heavy atom. The number of benzene rings is 1. The Morgan fingerprint density at radius 3 is 2.78 bits per heavy atom. The summed E-state index contributed by atoms with van der Waals surface area (Å²) in [7, 11) is 0. The molecule has 0 spiro atoms. The number of Topliss-reactive ketones (excluding diaryl/α,β-unsaturated/α-hetero) is 1. The van der Waals surface area contributed by atoms with Crippen molar-refractivity contribution in [2.45, 2.75) is 31.5 Å². The van der Waals surface area contributed by atoms with Gasteiger partial charge in [0.2, 0.25) is 0 Å². The average Bonchev–Trinajstić information content (AvgIpc) is 2.28. The van der Waals surface area contributed by atoms with E-state index in [1.807, 2.05) is 0 Å². The van der Waals surface area contributed by atoms with E-state index in [-0.39, 0.29) is 11.8 Å². The van der Waals surface area contributed by atoms with Crippen LogP contribution < -0.4 is 5.32 Å². The van der Waals surface area contributed by atoms with Gasteiger partial charge < -0.3 is 5.32 Å². The minimum absolute atomic E-state index is 0.0465. The summed E-state index contributed by atoms with van der Waals surface area (Å²) in [6.45, 7) is 0.614. The Balaban J connectivity index is 2.07. The van der Waals surface area contributed by atoms with E-state index in [1.54, 1.807) is 6.07 Å². The van der Waals surface area contributed by atoms with Gasteiger partial charge in [-0.2, -0.15) is 13.2 Å². The molecule has 1 heterocycles. The van der Waals surface area contributed by atoms with E-state index in [2.05, 4.69) is 5.32 Å². The molecule has 1 aromatic rings. The summed E-state index contributed by atoms with van der Waals surface area (Å²) in [6, 6.07) is 5.23. The molecule has 1 unspecified atom stereocenters. The van der Waals surface area contributed by atoms with Gasteiger partial charge in [0.05, 0.1) is 5.56 Å².